The van der Waals surface area contributed by atoms with Crippen LogP contribution in [0.3, 0.4) is 0 Å². The first-order valence-electron chi connectivity index (χ1n) is 12.0. The Hall–Kier alpha value is -3.68. The summed E-state index contributed by atoms with van der Waals surface area (Å²) in [5.41, 5.74) is 1.02. The van der Waals surface area contributed by atoms with E-state index >= 15 is 0 Å². The number of thiol groups is 1. The third kappa shape index (κ3) is 7.05. The number of hydrogen-bond acceptors (Lipinski definition) is 6. The summed E-state index contributed by atoms with van der Waals surface area (Å²) in [6.45, 7) is 0.852. The van der Waals surface area contributed by atoms with Gasteiger partial charge in [0, 0.05) is 102 Å². The molecule has 0 spiro atoms. The SMILES string of the molecule is Cn1cc[c-]c1-c1nccn1C.Cn1ccnc1-c1nccn1C.Cn1ccnc1-c1nccn1CCS.[Os+4]. The van der Waals surface area contributed by atoms with E-state index in [1.54, 1.807) is 31.0 Å². The second-order valence-corrected chi connectivity index (χ2v) is 8.98. The van der Waals surface area contributed by atoms with Crippen LogP contribution in [0.5, 0.6) is 0 Å². The molecule has 0 fully saturated rings. The van der Waals surface area contributed by atoms with Crippen molar-refractivity contribution in [1.29, 1.82) is 0 Å². The minimum Gasteiger partial charge on any atom is -0.420 e. The normalized spacial score (nSPS) is 10.3. The van der Waals surface area contributed by atoms with Crippen LogP contribution >= 0.6 is 12.6 Å². The van der Waals surface area contributed by atoms with E-state index in [0.29, 0.717) is 0 Å². The molecule has 0 saturated heterocycles. The first kappa shape index (κ1) is 29.9. The van der Waals surface area contributed by atoms with Crippen LogP contribution in [0, 0.1) is 6.07 Å². The van der Waals surface area contributed by atoms with Crippen molar-refractivity contribution in [2.45, 2.75) is 6.54 Å². The second-order valence-electron chi connectivity index (χ2n) is 8.53. The Morgan fingerprint density at radius 2 is 0.974 bits per heavy atom. The van der Waals surface area contributed by atoms with E-state index in [2.05, 4.69) is 48.2 Å². The van der Waals surface area contributed by atoms with Crippen molar-refractivity contribution in [2.75, 3.05) is 5.75 Å². The topological polar surface area (TPSA) is 94.0 Å². The van der Waals surface area contributed by atoms with Gasteiger partial charge in [-0.25, -0.2) is 19.9 Å². The molecule has 6 rings (SSSR count). The minimum absolute atomic E-state index is 0. The Morgan fingerprint density at radius 1 is 0.564 bits per heavy atom. The van der Waals surface area contributed by atoms with Gasteiger partial charge in [0.25, 0.3) is 0 Å². The van der Waals surface area contributed by atoms with Gasteiger partial charge in [-0.3, -0.25) is 4.98 Å². The van der Waals surface area contributed by atoms with Crippen LogP contribution < -0.4 is 0 Å². The van der Waals surface area contributed by atoms with Crippen LogP contribution in [0.4, 0.5) is 0 Å². The Bertz CT molecular complexity index is 1410. The van der Waals surface area contributed by atoms with Gasteiger partial charge in [-0.15, -0.1) is 0 Å². The molecule has 11 nitrogen and oxygen atoms in total. The molecule has 6 aromatic rings. The van der Waals surface area contributed by atoms with Crippen LogP contribution in [0.2, 0.25) is 0 Å². The zero-order chi connectivity index (χ0) is 27.1. The van der Waals surface area contributed by atoms with Crippen LogP contribution in [0.1, 0.15) is 0 Å². The third-order valence-corrected chi connectivity index (χ3v) is 6.02. The summed E-state index contributed by atoms with van der Waals surface area (Å²) in [6.07, 6.45) is 20.4. The van der Waals surface area contributed by atoms with E-state index in [0.717, 1.165) is 47.1 Å². The summed E-state index contributed by atoms with van der Waals surface area (Å²) in [5, 5.41) is 0. The number of nitrogens with zero attached hydrogens (tertiary/aromatic N) is 11. The summed E-state index contributed by atoms with van der Waals surface area (Å²) in [7, 11) is 9.83. The molecule has 6 heterocycles. The number of hydrogen-bond donors (Lipinski definition) is 1. The van der Waals surface area contributed by atoms with E-state index in [1.165, 1.54) is 0 Å². The van der Waals surface area contributed by atoms with Gasteiger partial charge in [0.2, 0.25) is 0 Å². The molecule has 0 radical (unpaired) electrons. The summed E-state index contributed by atoms with van der Waals surface area (Å²) in [5.74, 6) is 5.31. The maximum absolute atomic E-state index is 4.28. The maximum atomic E-state index is 4.28. The van der Waals surface area contributed by atoms with Crippen molar-refractivity contribution >= 4 is 12.6 Å². The van der Waals surface area contributed by atoms with Crippen molar-refractivity contribution in [2.24, 2.45) is 35.2 Å². The summed E-state index contributed by atoms with van der Waals surface area (Å²) < 4.78 is 11.9. The molecule has 0 aliphatic rings. The maximum Gasteiger partial charge on any atom is 4.00 e. The number of aryl methyl sites for hydroxylation is 6. The monoisotopic (exact) mass is 722 g/mol. The predicted octanol–water partition coefficient (Wildman–Crippen LogP) is 3.26. The Labute approximate surface area is 246 Å². The van der Waals surface area contributed by atoms with Crippen molar-refractivity contribution in [3.05, 3.63) is 80.3 Å². The molecule has 0 bridgehead atoms. The van der Waals surface area contributed by atoms with Crippen LogP contribution in [0.15, 0.2) is 74.2 Å². The molecule has 13 heteroatoms. The molecule has 0 unspecified atom stereocenters. The summed E-state index contributed by atoms with van der Waals surface area (Å²) in [6, 6.07) is 5.02. The largest absolute Gasteiger partial charge is 4.00 e. The number of imidazole rings is 5. The van der Waals surface area contributed by atoms with E-state index in [4.69, 9.17) is 0 Å². The zero-order valence-corrected chi connectivity index (χ0v) is 26.0. The van der Waals surface area contributed by atoms with E-state index in [-0.39, 0.29) is 19.8 Å². The molecule has 202 valence electrons. The second kappa shape index (κ2) is 13.9. The molecular weight excluding hydrogens is 689 g/mol. The molecule has 39 heavy (non-hydrogen) atoms. The van der Waals surface area contributed by atoms with Crippen molar-refractivity contribution in [3.8, 4) is 34.8 Å². The number of rotatable bonds is 5. The molecule has 0 aliphatic heterocycles. The average Bonchev–Trinajstić information content (AvgIpc) is 3.72. The fraction of sp³-hybridized carbons (Fsp3) is 0.269. The smallest absolute Gasteiger partial charge is 0.420 e. The van der Waals surface area contributed by atoms with Crippen molar-refractivity contribution < 1.29 is 19.8 Å². The molecule has 6 aromatic heterocycles. The van der Waals surface area contributed by atoms with Gasteiger partial charge in [-0.2, -0.15) is 24.8 Å². The first-order valence-corrected chi connectivity index (χ1v) is 12.6. The first-order chi connectivity index (χ1) is 18.4. The van der Waals surface area contributed by atoms with Crippen molar-refractivity contribution in [1.82, 2.24) is 52.3 Å². The standard InChI is InChI=1S/C9H12N4S.C9H10N3.C8H10N4.Os/c1-12-4-2-10-8(12)9-11-3-5-13(9)6-7-14;1-11-6-3-4-8(11)9-10-5-7-12(9)2;1-11-5-3-9-7(11)8-10-4-6-12(8)2;/h2-5,14H,6-7H2,1H3;3,5-7H,1-2H3;3-6H,1-2H3;/q;-1;;+4. The molecule has 0 saturated carbocycles. The van der Waals surface area contributed by atoms with Gasteiger partial charge in [-0.1, -0.05) is 6.20 Å². The van der Waals surface area contributed by atoms with Gasteiger partial charge in [-0.05, 0) is 12.7 Å². The molecule has 0 aliphatic carbocycles. The van der Waals surface area contributed by atoms with Gasteiger partial charge in [0.1, 0.15) is 0 Å². The van der Waals surface area contributed by atoms with Gasteiger partial charge < -0.3 is 27.4 Å². The summed E-state index contributed by atoms with van der Waals surface area (Å²) >= 11 is 4.20. The van der Waals surface area contributed by atoms with Gasteiger partial charge >= 0.3 is 19.8 Å². The quantitative estimate of drug-likeness (QED) is 0.218. The molecule has 0 atom stereocenters. The molecule has 0 aromatic carbocycles. The van der Waals surface area contributed by atoms with Gasteiger partial charge in [0.15, 0.2) is 23.3 Å². The number of aromatic nitrogens is 11. The minimum atomic E-state index is 0. The van der Waals surface area contributed by atoms with Crippen molar-refractivity contribution in [3.63, 3.8) is 0 Å². The third-order valence-electron chi connectivity index (χ3n) is 5.82. The fourth-order valence-corrected chi connectivity index (χ4v) is 3.98. The molecule has 0 amide bonds. The molecule has 0 N–H and O–H groups in total. The Kier molecular flexibility index (Phi) is 10.7. The van der Waals surface area contributed by atoms with Crippen LogP contribution in [-0.2, 0) is 61.6 Å². The van der Waals surface area contributed by atoms with E-state index in [9.17, 15) is 0 Å². The Morgan fingerprint density at radius 3 is 1.36 bits per heavy atom. The average molecular weight is 721 g/mol. The molecular formula is C26H32N11OsS+3. The van der Waals surface area contributed by atoms with Gasteiger partial charge in [0.05, 0.1) is 5.82 Å². The van der Waals surface area contributed by atoms with E-state index < -0.39 is 0 Å². The van der Waals surface area contributed by atoms with Crippen LogP contribution in [-0.4, -0.2) is 58.1 Å². The predicted molar refractivity (Wildman–Crippen MR) is 150 cm³/mol. The van der Waals surface area contributed by atoms with E-state index in [1.807, 2.05) is 101 Å². The van der Waals surface area contributed by atoms with Crippen LogP contribution in [0.25, 0.3) is 34.8 Å². The zero-order valence-electron chi connectivity index (χ0n) is 22.6. The fourth-order valence-electron chi connectivity index (χ4n) is 3.77. The Balaban J connectivity index is 0.000000160. The summed E-state index contributed by atoms with van der Waals surface area (Å²) in [4.78, 5) is 21.2.